The summed E-state index contributed by atoms with van der Waals surface area (Å²) in [6.45, 7) is 3.35. The smallest absolute Gasteiger partial charge is 0.154 e. The molecule has 14 heavy (non-hydrogen) atoms. The van der Waals surface area contributed by atoms with Crippen LogP contribution in [0.2, 0.25) is 0 Å². The van der Waals surface area contributed by atoms with Gasteiger partial charge in [-0.2, -0.15) is 0 Å². The summed E-state index contributed by atoms with van der Waals surface area (Å²) < 4.78 is 0. The summed E-state index contributed by atoms with van der Waals surface area (Å²) >= 11 is 1.77. The fraction of sp³-hybridized carbons (Fsp3) is 0.900. The predicted molar refractivity (Wildman–Crippen MR) is 62.7 cm³/mol. The molecule has 1 saturated carbocycles. The molecular formula is C10H19N3S. The van der Waals surface area contributed by atoms with Gasteiger partial charge < -0.3 is 11.1 Å². The van der Waals surface area contributed by atoms with Crippen LogP contribution in [0.25, 0.3) is 0 Å². The number of hydrogen-bond acceptors (Lipinski definition) is 4. The number of nitrogens with two attached hydrogens (primary N) is 1. The van der Waals surface area contributed by atoms with Crippen LogP contribution in [0.3, 0.4) is 0 Å². The SMILES string of the molecule is CCCN[C@H]1CC[C@@H]2N=C(N)S[C@@H]2C1. The van der Waals surface area contributed by atoms with Crippen LogP contribution in [0.15, 0.2) is 4.99 Å². The standard InChI is InChI=1S/C10H19N3S/c1-2-5-12-7-3-4-8-9(6-7)14-10(11)13-8/h7-9,12H,2-6H2,1H3,(H2,11,13)/t7-,8-,9+/m0/s1. The summed E-state index contributed by atoms with van der Waals surface area (Å²) in [4.78, 5) is 4.45. The van der Waals surface area contributed by atoms with Crippen molar-refractivity contribution < 1.29 is 0 Å². The van der Waals surface area contributed by atoms with E-state index in [1.54, 1.807) is 11.8 Å². The molecule has 0 aromatic rings. The van der Waals surface area contributed by atoms with E-state index >= 15 is 0 Å². The largest absolute Gasteiger partial charge is 0.379 e. The summed E-state index contributed by atoms with van der Waals surface area (Å²) in [5, 5.41) is 5.05. The van der Waals surface area contributed by atoms with Crippen molar-refractivity contribution in [2.45, 2.75) is 49.9 Å². The van der Waals surface area contributed by atoms with Crippen molar-refractivity contribution in [3.63, 3.8) is 0 Å². The van der Waals surface area contributed by atoms with E-state index in [-0.39, 0.29) is 0 Å². The van der Waals surface area contributed by atoms with E-state index in [1.165, 1.54) is 25.7 Å². The van der Waals surface area contributed by atoms with Crippen LogP contribution >= 0.6 is 11.8 Å². The van der Waals surface area contributed by atoms with Gasteiger partial charge in [0, 0.05) is 11.3 Å². The van der Waals surface area contributed by atoms with E-state index in [1.807, 2.05) is 0 Å². The monoisotopic (exact) mass is 213 g/mol. The van der Waals surface area contributed by atoms with Crippen LogP contribution in [0.1, 0.15) is 32.6 Å². The zero-order valence-electron chi connectivity index (χ0n) is 8.70. The lowest BCUT2D eigenvalue weighted by atomic mass is 9.91. The van der Waals surface area contributed by atoms with Gasteiger partial charge in [-0.3, -0.25) is 4.99 Å². The first-order valence-corrected chi connectivity index (χ1v) is 6.41. The number of aliphatic imine (C=N–C) groups is 1. The van der Waals surface area contributed by atoms with Crippen molar-refractivity contribution in [2.24, 2.45) is 10.7 Å². The second-order valence-electron chi connectivity index (χ2n) is 4.16. The third-order valence-electron chi connectivity index (χ3n) is 3.01. The highest BCUT2D eigenvalue weighted by Gasteiger charge is 2.34. The topological polar surface area (TPSA) is 50.4 Å². The van der Waals surface area contributed by atoms with E-state index in [0.717, 1.165) is 11.7 Å². The highest BCUT2D eigenvalue weighted by molar-refractivity contribution is 8.14. The minimum Gasteiger partial charge on any atom is -0.379 e. The van der Waals surface area contributed by atoms with Gasteiger partial charge in [0.2, 0.25) is 0 Å². The van der Waals surface area contributed by atoms with Crippen molar-refractivity contribution in [2.75, 3.05) is 6.54 Å². The first-order chi connectivity index (χ1) is 6.79. The molecule has 3 nitrogen and oxygen atoms in total. The summed E-state index contributed by atoms with van der Waals surface area (Å²) in [5.41, 5.74) is 5.73. The Balaban J connectivity index is 1.82. The molecule has 3 N–H and O–H groups in total. The number of amidine groups is 1. The Hall–Kier alpha value is -0.220. The van der Waals surface area contributed by atoms with Crippen molar-refractivity contribution in [3.05, 3.63) is 0 Å². The molecule has 0 aromatic carbocycles. The molecular weight excluding hydrogens is 194 g/mol. The zero-order chi connectivity index (χ0) is 9.97. The summed E-state index contributed by atoms with van der Waals surface area (Å²) in [5.74, 6) is 0. The number of hydrogen-bond donors (Lipinski definition) is 2. The second kappa shape index (κ2) is 4.53. The van der Waals surface area contributed by atoms with Crippen LogP contribution in [0, 0.1) is 0 Å². The van der Waals surface area contributed by atoms with Gasteiger partial charge in [0.05, 0.1) is 6.04 Å². The number of rotatable bonds is 3. The maximum atomic E-state index is 5.73. The van der Waals surface area contributed by atoms with Gasteiger partial charge in [-0.1, -0.05) is 18.7 Å². The maximum absolute atomic E-state index is 5.73. The van der Waals surface area contributed by atoms with E-state index in [0.29, 0.717) is 17.3 Å². The van der Waals surface area contributed by atoms with Crippen molar-refractivity contribution >= 4 is 16.9 Å². The second-order valence-corrected chi connectivity index (χ2v) is 5.41. The molecule has 2 aliphatic rings. The van der Waals surface area contributed by atoms with Crippen LogP contribution in [-0.2, 0) is 0 Å². The average molecular weight is 213 g/mol. The Morgan fingerprint density at radius 1 is 1.57 bits per heavy atom. The quantitative estimate of drug-likeness (QED) is 0.744. The highest BCUT2D eigenvalue weighted by atomic mass is 32.2. The Kier molecular flexibility index (Phi) is 3.34. The predicted octanol–water partition coefficient (Wildman–Crippen LogP) is 1.34. The van der Waals surface area contributed by atoms with Crippen molar-refractivity contribution in [3.8, 4) is 0 Å². The first-order valence-electron chi connectivity index (χ1n) is 5.53. The molecule has 0 spiro atoms. The molecule has 0 saturated heterocycles. The lowest BCUT2D eigenvalue weighted by Crippen LogP contribution is -2.39. The number of nitrogens with zero attached hydrogens (tertiary/aromatic N) is 1. The molecule has 0 amide bonds. The number of thioether (sulfide) groups is 1. The molecule has 1 aliphatic heterocycles. The van der Waals surface area contributed by atoms with Crippen LogP contribution in [-0.4, -0.2) is 29.0 Å². The molecule has 80 valence electrons. The maximum Gasteiger partial charge on any atom is 0.154 e. The highest BCUT2D eigenvalue weighted by Crippen LogP contribution is 2.35. The normalized spacial score (nSPS) is 36.6. The Bertz CT molecular complexity index is 229. The molecule has 2 rings (SSSR count). The fourth-order valence-electron chi connectivity index (χ4n) is 2.27. The lowest BCUT2D eigenvalue weighted by molar-refractivity contribution is 0.356. The molecule has 0 unspecified atom stereocenters. The Morgan fingerprint density at radius 3 is 3.21 bits per heavy atom. The van der Waals surface area contributed by atoms with E-state index in [9.17, 15) is 0 Å². The lowest BCUT2D eigenvalue weighted by Gasteiger charge is -2.30. The minimum atomic E-state index is 0.514. The summed E-state index contributed by atoms with van der Waals surface area (Å²) in [6.07, 6.45) is 4.92. The Morgan fingerprint density at radius 2 is 2.43 bits per heavy atom. The van der Waals surface area contributed by atoms with Crippen molar-refractivity contribution in [1.82, 2.24) is 5.32 Å². The van der Waals surface area contributed by atoms with E-state index < -0.39 is 0 Å². The molecule has 1 heterocycles. The fourth-order valence-corrected chi connectivity index (χ4v) is 3.46. The first kappa shape index (κ1) is 10.3. The average Bonchev–Trinajstić information content (AvgIpc) is 2.54. The van der Waals surface area contributed by atoms with Gasteiger partial charge in [0.25, 0.3) is 0 Å². The van der Waals surface area contributed by atoms with Gasteiger partial charge in [-0.25, -0.2) is 0 Å². The number of nitrogens with one attached hydrogen (secondary N) is 1. The summed E-state index contributed by atoms with van der Waals surface area (Å²) in [6, 6.07) is 1.21. The molecule has 1 aliphatic carbocycles. The molecule has 1 fully saturated rings. The van der Waals surface area contributed by atoms with Crippen LogP contribution in [0.4, 0.5) is 0 Å². The molecule has 3 atom stereocenters. The zero-order valence-corrected chi connectivity index (χ0v) is 9.52. The molecule has 0 bridgehead atoms. The minimum absolute atomic E-state index is 0.514. The van der Waals surface area contributed by atoms with Gasteiger partial charge in [0.15, 0.2) is 5.17 Å². The number of fused-ring (bicyclic) bond motifs is 1. The molecule has 0 radical (unpaired) electrons. The van der Waals surface area contributed by atoms with Gasteiger partial charge >= 0.3 is 0 Å². The Labute approximate surface area is 89.9 Å². The third kappa shape index (κ3) is 2.23. The van der Waals surface area contributed by atoms with Gasteiger partial charge in [-0.05, 0) is 32.2 Å². The van der Waals surface area contributed by atoms with Crippen LogP contribution < -0.4 is 11.1 Å². The summed E-state index contributed by atoms with van der Waals surface area (Å²) in [7, 11) is 0. The van der Waals surface area contributed by atoms with E-state index in [2.05, 4.69) is 17.2 Å². The molecule has 4 heteroatoms. The third-order valence-corrected chi connectivity index (χ3v) is 4.16. The molecule has 0 aromatic heterocycles. The van der Waals surface area contributed by atoms with Gasteiger partial charge in [-0.15, -0.1) is 0 Å². The van der Waals surface area contributed by atoms with Crippen LogP contribution in [0.5, 0.6) is 0 Å². The van der Waals surface area contributed by atoms with E-state index in [4.69, 9.17) is 5.73 Å². The van der Waals surface area contributed by atoms with Crippen molar-refractivity contribution in [1.29, 1.82) is 0 Å². The van der Waals surface area contributed by atoms with Gasteiger partial charge in [0.1, 0.15) is 0 Å².